The summed E-state index contributed by atoms with van der Waals surface area (Å²) in [5.74, 6) is 1.12. The van der Waals surface area contributed by atoms with Gasteiger partial charge in [-0.05, 0) is 30.0 Å². The minimum absolute atomic E-state index is 0.322. The summed E-state index contributed by atoms with van der Waals surface area (Å²) < 4.78 is 1.13. The van der Waals surface area contributed by atoms with E-state index in [4.69, 9.17) is 0 Å². The van der Waals surface area contributed by atoms with Crippen LogP contribution in [0.1, 0.15) is 19.4 Å². The number of thioether (sulfide) groups is 1. The number of hydrogen-bond acceptors (Lipinski definition) is 3. The largest absolute Gasteiger partial charge is 0.335 e. The first-order valence-electron chi connectivity index (χ1n) is 5.67. The molecule has 2 rings (SSSR count). The van der Waals surface area contributed by atoms with Crippen molar-refractivity contribution in [1.82, 2.24) is 0 Å². The van der Waals surface area contributed by atoms with Crippen LogP contribution in [-0.2, 0) is 0 Å². The predicted octanol–water partition coefficient (Wildman–Crippen LogP) is 4.30. The molecule has 1 N–H and O–H groups in total. The zero-order chi connectivity index (χ0) is 12.5. The number of aliphatic imine (C=N–C) groups is 1. The van der Waals surface area contributed by atoms with Crippen molar-refractivity contribution in [3.05, 3.63) is 28.2 Å². The van der Waals surface area contributed by atoms with E-state index in [2.05, 4.69) is 59.1 Å². The van der Waals surface area contributed by atoms with Crippen molar-refractivity contribution in [2.75, 3.05) is 17.6 Å². The van der Waals surface area contributed by atoms with Crippen molar-refractivity contribution >= 4 is 38.5 Å². The Morgan fingerprint density at radius 3 is 2.82 bits per heavy atom. The first-order chi connectivity index (χ1) is 7.98. The van der Waals surface area contributed by atoms with Gasteiger partial charge in [0.2, 0.25) is 0 Å². The molecule has 1 aromatic carbocycles. The minimum Gasteiger partial charge on any atom is -0.335 e. The molecular formula is C13H17BrN2S. The molecule has 1 aromatic rings. The Labute approximate surface area is 115 Å². The number of rotatable bonds is 1. The van der Waals surface area contributed by atoms with Crippen LogP contribution in [0.2, 0.25) is 0 Å². The van der Waals surface area contributed by atoms with Crippen LogP contribution < -0.4 is 5.32 Å². The zero-order valence-electron chi connectivity index (χ0n) is 10.4. The van der Waals surface area contributed by atoms with E-state index in [0.717, 1.165) is 27.6 Å². The Bertz CT molecular complexity index is 455. The van der Waals surface area contributed by atoms with Crippen molar-refractivity contribution < 1.29 is 0 Å². The first-order valence-corrected chi connectivity index (χ1v) is 7.45. The van der Waals surface area contributed by atoms with Crippen LogP contribution in [0.3, 0.4) is 0 Å². The van der Waals surface area contributed by atoms with Gasteiger partial charge in [-0.3, -0.25) is 4.99 Å². The van der Waals surface area contributed by atoms with E-state index in [9.17, 15) is 0 Å². The van der Waals surface area contributed by atoms with Crippen LogP contribution in [0, 0.1) is 12.3 Å². The van der Waals surface area contributed by atoms with Gasteiger partial charge in [0.1, 0.15) is 0 Å². The van der Waals surface area contributed by atoms with Gasteiger partial charge in [-0.15, -0.1) is 0 Å². The molecule has 4 heteroatoms. The molecule has 1 aliphatic heterocycles. The van der Waals surface area contributed by atoms with Crippen molar-refractivity contribution in [2.24, 2.45) is 10.4 Å². The van der Waals surface area contributed by atoms with E-state index in [0.29, 0.717) is 5.41 Å². The minimum atomic E-state index is 0.322. The summed E-state index contributed by atoms with van der Waals surface area (Å²) in [6, 6.07) is 6.18. The average Bonchev–Trinajstić information content (AvgIpc) is 2.27. The van der Waals surface area contributed by atoms with Gasteiger partial charge in [0, 0.05) is 22.5 Å². The van der Waals surface area contributed by atoms with Gasteiger partial charge in [0.05, 0.1) is 0 Å². The number of nitrogens with one attached hydrogen (secondary N) is 1. The Morgan fingerprint density at radius 1 is 1.41 bits per heavy atom. The number of nitrogens with zero attached hydrogens (tertiary/aromatic N) is 1. The highest BCUT2D eigenvalue weighted by Crippen LogP contribution is 2.30. The van der Waals surface area contributed by atoms with Crippen molar-refractivity contribution in [2.45, 2.75) is 20.8 Å². The first kappa shape index (κ1) is 13.0. The predicted molar refractivity (Wildman–Crippen MR) is 81.0 cm³/mol. The molecule has 0 bridgehead atoms. The molecule has 0 saturated heterocycles. The van der Waals surface area contributed by atoms with Crippen LogP contribution in [0.5, 0.6) is 0 Å². The quantitative estimate of drug-likeness (QED) is 0.836. The lowest BCUT2D eigenvalue weighted by atomic mass is 9.97. The Hall–Kier alpha value is -0.480. The lowest BCUT2D eigenvalue weighted by molar-refractivity contribution is 0.438. The molecule has 0 aliphatic carbocycles. The summed E-state index contributed by atoms with van der Waals surface area (Å²) in [5, 5.41) is 4.44. The summed E-state index contributed by atoms with van der Waals surface area (Å²) in [7, 11) is 0. The van der Waals surface area contributed by atoms with Crippen molar-refractivity contribution in [3.8, 4) is 0 Å². The molecule has 0 saturated carbocycles. The molecule has 1 heterocycles. The van der Waals surface area contributed by atoms with E-state index in [1.807, 2.05) is 6.07 Å². The third-order valence-electron chi connectivity index (χ3n) is 2.76. The molecule has 0 aromatic heterocycles. The van der Waals surface area contributed by atoms with E-state index >= 15 is 0 Å². The van der Waals surface area contributed by atoms with E-state index in [-0.39, 0.29) is 0 Å². The van der Waals surface area contributed by atoms with Crippen LogP contribution in [0.4, 0.5) is 5.69 Å². The highest BCUT2D eigenvalue weighted by molar-refractivity contribution is 9.10. The fourth-order valence-corrected chi connectivity index (χ4v) is 2.90. The zero-order valence-corrected chi connectivity index (χ0v) is 12.8. The summed E-state index contributed by atoms with van der Waals surface area (Å²) in [5.41, 5.74) is 2.67. The van der Waals surface area contributed by atoms with Crippen LogP contribution >= 0.6 is 27.7 Å². The van der Waals surface area contributed by atoms with Gasteiger partial charge in [0.25, 0.3) is 0 Å². The number of hydrogen-bond donors (Lipinski definition) is 1. The van der Waals surface area contributed by atoms with Crippen LogP contribution in [0.15, 0.2) is 27.7 Å². The molecule has 0 amide bonds. The van der Waals surface area contributed by atoms with Gasteiger partial charge in [0.15, 0.2) is 5.17 Å². The van der Waals surface area contributed by atoms with Gasteiger partial charge < -0.3 is 5.32 Å². The molecule has 0 fully saturated rings. The van der Waals surface area contributed by atoms with Crippen molar-refractivity contribution in [1.29, 1.82) is 0 Å². The van der Waals surface area contributed by atoms with Gasteiger partial charge in [-0.1, -0.05) is 47.6 Å². The van der Waals surface area contributed by atoms with E-state index in [1.54, 1.807) is 11.8 Å². The fourth-order valence-electron chi connectivity index (χ4n) is 1.57. The number of amidine groups is 1. The van der Waals surface area contributed by atoms with Crippen LogP contribution in [-0.4, -0.2) is 17.5 Å². The highest BCUT2D eigenvalue weighted by atomic mass is 79.9. The summed E-state index contributed by atoms with van der Waals surface area (Å²) in [4.78, 5) is 4.60. The molecule has 0 radical (unpaired) electrons. The Balaban J connectivity index is 2.12. The third-order valence-corrected chi connectivity index (χ3v) is 5.05. The maximum absolute atomic E-state index is 4.60. The maximum atomic E-state index is 4.60. The monoisotopic (exact) mass is 312 g/mol. The lowest BCUT2D eigenvalue weighted by Gasteiger charge is -2.27. The maximum Gasteiger partial charge on any atom is 0.161 e. The molecule has 2 nitrogen and oxygen atoms in total. The van der Waals surface area contributed by atoms with Crippen molar-refractivity contribution in [3.63, 3.8) is 0 Å². The second-order valence-corrected chi connectivity index (χ2v) is 6.93. The topological polar surface area (TPSA) is 24.4 Å². The molecule has 0 unspecified atom stereocenters. The molecule has 1 aliphatic rings. The Kier molecular flexibility index (Phi) is 3.83. The standard InChI is InChI=1S/C13H17BrN2S/c1-9-10(14)5-4-6-11(9)16-12-15-7-13(2,3)8-17-12/h4-6H,7-8H2,1-3H3,(H,15,16). The molecule has 0 atom stereocenters. The second-order valence-electron chi connectivity index (χ2n) is 5.11. The molecule has 92 valence electrons. The summed E-state index contributed by atoms with van der Waals surface area (Å²) in [6.45, 7) is 7.51. The molecular weight excluding hydrogens is 296 g/mol. The molecule has 0 spiro atoms. The van der Waals surface area contributed by atoms with Gasteiger partial charge >= 0.3 is 0 Å². The third kappa shape index (κ3) is 3.26. The SMILES string of the molecule is Cc1c(Br)cccc1NC1=NCC(C)(C)CS1. The van der Waals surface area contributed by atoms with E-state index < -0.39 is 0 Å². The number of benzene rings is 1. The summed E-state index contributed by atoms with van der Waals surface area (Å²) >= 11 is 5.35. The normalized spacial score (nSPS) is 18.7. The lowest BCUT2D eigenvalue weighted by Crippen LogP contribution is -2.27. The molecule has 17 heavy (non-hydrogen) atoms. The van der Waals surface area contributed by atoms with Gasteiger partial charge in [-0.25, -0.2) is 0 Å². The number of anilines is 1. The van der Waals surface area contributed by atoms with Crippen LogP contribution in [0.25, 0.3) is 0 Å². The van der Waals surface area contributed by atoms with Gasteiger partial charge in [-0.2, -0.15) is 0 Å². The highest BCUT2D eigenvalue weighted by Gasteiger charge is 2.23. The van der Waals surface area contributed by atoms with E-state index in [1.165, 1.54) is 5.56 Å². The average molecular weight is 313 g/mol. The number of halogens is 1. The fraction of sp³-hybridized carbons (Fsp3) is 0.462. The smallest absolute Gasteiger partial charge is 0.161 e. The summed E-state index contributed by atoms with van der Waals surface area (Å²) in [6.07, 6.45) is 0. The second kappa shape index (κ2) is 5.02. The Morgan fingerprint density at radius 2 is 2.18 bits per heavy atom.